The number of carbonyl (C=O) groups is 1. The first-order chi connectivity index (χ1) is 4.89. The first-order valence-electron chi connectivity index (χ1n) is 2.64. The topological polar surface area (TPSA) is 122 Å². The largest absolute Gasteiger partial charge is 0.448 e. The van der Waals surface area contributed by atoms with Crippen LogP contribution >= 0.6 is 7.75 Å². The van der Waals surface area contributed by atoms with Gasteiger partial charge in [-0.25, -0.2) is 14.9 Å². The summed E-state index contributed by atoms with van der Waals surface area (Å²) in [7, 11) is -4.14. The van der Waals surface area contributed by atoms with E-state index in [9.17, 15) is 4.79 Å². The fourth-order valence-electron chi connectivity index (χ4n) is 0.348. The first kappa shape index (κ1) is 10.4. The second-order valence-corrected chi connectivity index (χ2v) is 2.83. The van der Waals surface area contributed by atoms with Gasteiger partial charge in [0.25, 0.3) is 0 Å². The van der Waals surface area contributed by atoms with Gasteiger partial charge in [-0.1, -0.05) is 0 Å². The Kier molecular flexibility index (Phi) is 4.06. The monoisotopic (exact) mass is 184 g/mol. The van der Waals surface area contributed by atoms with Crippen LogP contribution in [0.1, 0.15) is 0 Å². The number of hydrogen-bond acceptors (Lipinski definition) is 3. The van der Waals surface area contributed by atoms with Crippen LogP contribution in [0.3, 0.4) is 0 Å². The minimum Gasteiger partial charge on any atom is -0.448 e. The van der Waals surface area contributed by atoms with Crippen LogP contribution < -0.4 is 10.8 Å². The summed E-state index contributed by atoms with van der Waals surface area (Å²) in [6.45, 7) is 1.19. The molecule has 0 aromatic heterocycles. The predicted octanol–water partition coefficient (Wildman–Crippen LogP) is -1.24. The molecule has 8 heteroatoms. The molecule has 1 amide bonds. The zero-order chi connectivity index (χ0) is 8.91. The van der Waals surface area contributed by atoms with Gasteiger partial charge in [0, 0.05) is 0 Å². The number of nitrogens with two attached hydrogens (primary N) is 1. The third-order valence-electron chi connectivity index (χ3n) is 0.605. The maximum Gasteiger partial charge on any atom is 0.407 e. The molecule has 0 aromatic rings. The van der Waals surface area contributed by atoms with Gasteiger partial charge in [-0.2, -0.15) is 0 Å². The summed E-state index contributed by atoms with van der Waals surface area (Å²) in [6.07, 6.45) is -0.296. The van der Waals surface area contributed by atoms with Crippen LogP contribution in [0.2, 0.25) is 0 Å². The lowest BCUT2D eigenvalue weighted by molar-refractivity contribution is 0.178. The molecule has 1 saturated heterocycles. The summed E-state index contributed by atoms with van der Waals surface area (Å²) in [5.41, 5.74) is 4.02. The van der Waals surface area contributed by atoms with Crippen molar-refractivity contribution in [2.24, 2.45) is 5.50 Å². The van der Waals surface area contributed by atoms with Crippen LogP contribution in [0.25, 0.3) is 0 Å². The molecule has 0 aliphatic carbocycles. The summed E-state index contributed by atoms with van der Waals surface area (Å²) >= 11 is 0. The third-order valence-corrected chi connectivity index (χ3v) is 0.605. The lowest BCUT2D eigenvalue weighted by atomic mass is 10.7. The van der Waals surface area contributed by atoms with E-state index in [2.05, 4.69) is 15.6 Å². The van der Waals surface area contributed by atoms with Gasteiger partial charge < -0.3 is 19.8 Å². The molecule has 1 aliphatic heterocycles. The highest BCUT2D eigenvalue weighted by Gasteiger charge is 2.06. The average molecular weight is 184 g/mol. The first-order valence-corrected chi connectivity index (χ1v) is 4.32. The molecule has 11 heavy (non-hydrogen) atoms. The van der Waals surface area contributed by atoms with E-state index in [1.807, 2.05) is 0 Å². The number of hydrogen-bond donors (Lipinski definition) is 4. The Hall–Kier alpha value is -0.620. The number of rotatable bonds is 0. The van der Waals surface area contributed by atoms with Crippen molar-refractivity contribution < 1.29 is 23.9 Å². The SMILES string of the molecule is NP(=O)(O)O.O=C1NCCO1. The molecule has 0 unspecified atom stereocenters. The molecule has 0 radical (unpaired) electrons. The number of nitrogens with one attached hydrogen (secondary N) is 1. The predicted molar refractivity (Wildman–Crippen MR) is 35.6 cm³/mol. The zero-order valence-electron chi connectivity index (χ0n) is 5.56. The fraction of sp³-hybridized carbons (Fsp3) is 0.667. The van der Waals surface area contributed by atoms with Crippen molar-refractivity contribution in [3.63, 3.8) is 0 Å². The van der Waals surface area contributed by atoms with Gasteiger partial charge in [0.05, 0.1) is 6.54 Å². The van der Waals surface area contributed by atoms with Gasteiger partial charge in [0.2, 0.25) is 0 Å². The number of carbonyl (C=O) groups excluding carboxylic acids is 1. The van der Waals surface area contributed by atoms with Gasteiger partial charge in [-0.15, -0.1) is 0 Å². The smallest absolute Gasteiger partial charge is 0.407 e. The second-order valence-electron chi connectivity index (χ2n) is 1.65. The van der Waals surface area contributed by atoms with Crippen molar-refractivity contribution >= 4 is 13.8 Å². The lowest BCUT2D eigenvalue weighted by Crippen LogP contribution is -2.11. The van der Waals surface area contributed by atoms with E-state index in [-0.39, 0.29) is 6.09 Å². The van der Waals surface area contributed by atoms with E-state index < -0.39 is 7.75 Å². The van der Waals surface area contributed by atoms with E-state index in [1.54, 1.807) is 0 Å². The van der Waals surface area contributed by atoms with Gasteiger partial charge in [0.15, 0.2) is 0 Å². The molecule has 0 aromatic carbocycles. The molecule has 5 N–H and O–H groups in total. The number of ether oxygens (including phenoxy) is 1. The molecule has 1 rings (SSSR count). The summed E-state index contributed by atoms with van der Waals surface area (Å²) in [5.74, 6) is 0. The van der Waals surface area contributed by atoms with Gasteiger partial charge in [0.1, 0.15) is 6.61 Å². The van der Waals surface area contributed by atoms with E-state index in [1.165, 1.54) is 0 Å². The zero-order valence-corrected chi connectivity index (χ0v) is 6.45. The maximum absolute atomic E-state index is 9.91. The van der Waals surface area contributed by atoms with Crippen LogP contribution in [-0.4, -0.2) is 29.0 Å². The van der Waals surface area contributed by atoms with Crippen molar-refractivity contribution in [2.45, 2.75) is 0 Å². The van der Waals surface area contributed by atoms with E-state index in [0.29, 0.717) is 13.2 Å². The normalized spacial score (nSPS) is 16.1. The number of cyclic esters (lactones) is 1. The lowest BCUT2D eigenvalue weighted by Gasteiger charge is -1.84. The molecular formula is C3H9N2O5P. The van der Waals surface area contributed by atoms with Crippen molar-refractivity contribution in [3.05, 3.63) is 0 Å². The van der Waals surface area contributed by atoms with Gasteiger partial charge in [-0.3, -0.25) is 0 Å². The van der Waals surface area contributed by atoms with Crippen LogP contribution in [0.5, 0.6) is 0 Å². The molecular weight excluding hydrogens is 175 g/mol. The standard InChI is InChI=1S/C3H5NO2.H4NO3P/c5-3-4-1-2-6-3;1-5(2,3)4/h1-2H2,(H,4,5);(H4,1,2,3,4). The van der Waals surface area contributed by atoms with Crippen molar-refractivity contribution in [1.29, 1.82) is 0 Å². The maximum atomic E-state index is 9.91. The Morgan fingerprint density at radius 3 is 2.18 bits per heavy atom. The van der Waals surface area contributed by atoms with Crippen LogP contribution in [0, 0.1) is 0 Å². The molecule has 66 valence electrons. The van der Waals surface area contributed by atoms with Crippen LogP contribution in [0.15, 0.2) is 0 Å². The molecule has 0 saturated carbocycles. The summed E-state index contributed by atoms with van der Waals surface area (Å²) in [6, 6.07) is 0. The minimum atomic E-state index is -4.14. The number of alkyl carbamates (subject to hydrolysis) is 1. The van der Waals surface area contributed by atoms with Gasteiger partial charge >= 0.3 is 13.8 Å². The van der Waals surface area contributed by atoms with Crippen molar-refractivity contribution in [3.8, 4) is 0 Å². The van der Waals surface area contributed by atoms with Crippen molar-refractivity contribution in [2.75, 3.05) is 13.2 Å². The number of amides is 1. The summed E-state index contributed by atoms with van der Waals surface area (Å²) < 4.78 is 13.5. The third kappa shape index (κ3) is 12.6. The molecule has 0 spiro atoms. The second kappa shape index (κ2) is 4.30. The van der Waals surface area contributed by atoms with Crippen molar-refractivity contribution in [1.82, 2.24) is 5.32 Å². The Balaban J connectivity index is 0.000000187. The van der Waals surface area contributed by atoms with E-state index in [4.69, 9.17) is 14.4 Å². The quantitative estimate of drug-likeness (QED) is 0.349. The fourth-order valence-corrected chi connectivity index (χ4v) is 0.348. The molecule has 0 atom stereocenters. The highest BCUT2D eigenvalue weighted by molar-refractivity contribution is 7.49. The Labute approximate surface area is 62.7 Å². The molecule has 7 nitrogen and oxygen atoms in total. The minimum absolute atomic E-state index is 0.296. The van der Waals surface area contributed by atoms with E-state index in [0.717, 1.165) is 0 Å². The van der Waals surface area contributed by atoms with Crippen LogP contribution in [0.4, 0.5) is 4.79 Å². The Morgan fingerprint density at radius 1 is 1.64 bits per heavy atom. The molecule has 1 aliphatic rings. The molecule has 1 fully saturated rings. The highest BCUT2D eigenvalue weighted by atomic mass is 31.2. The summed E-state index contributed by atoms with van der Waals surface area (Å²) in [5, 5.41) is 2.46. The van der Waals surface area contributed by atoms with Crippen LogP contribution in [-0.2, 0) is 9.30 Å². The molecule has 0 bridgehead atoms. The Morgan fingerprint density at radius 2 is 2.09 bits per heavy atom. The molecule has 1 heterocycles. The van der Waals surface area contributed by atoms with E-state index >= 15 is 0 Å². The highest BCUT2D eigenvalue weighted by Crippen LogP contribution is 2.20. The summed E-state index contributed by atoms with van der Waals surface area (Å²) in [4.78, 5) is 24.7. The Bertz CT molecular complexity index is 160. The average Bonchev–Trinajstić information content (AvgIpc) is 2.12. The van der Waals surface area contributed by atoms with Gasteiger partial charge in [-0.05, 0) is 0 Å².